The van der Waals surface area contributed by atoms with Crippen LogP contribution >= 0.6 is 23.1 Å². The number of aryl methyl sites for hydroxylation is 1. The second kappa shape index (κ2) is 8.66. The van der Waals surface area contributed by atoms with Crippen LogP contribution < -0.4 is 5.32 Å². The molecule has 0 saturated carbocycles. The van der Waals surface area contributed by atoms with Gasteiger partial charge in [-0.2, -0.15) is 0 Å². The fourth-order valence-electron chi connectivity index (χ4n) is 3.42. The highest BCUT2D eigenvalue weighted by Crippen LogP contribution is 2.41. The number of β-lactam (4-membered cyclic amide) rings is 1. The molecular weight excluding hydrogens is 488 g/mol. The summed E-state index contributed by atoms with van der Waals surface area (Å²) in [6.45, 7) is 11.9. The summed E-state index contributed by atoms with van der Waals surface area (Å²) in [7, 11) is -3.88. The largest absolute Gasteiger partial charge is 0.444 e. The zero-order valence-electron chi connectivity index (χ0n) is 19.6. The van der Waals surface area contributed by atoms with Crippen LogP contribution in [-0.4, -0.2) is 69.8 Å². The van der Waals surface area contributed by atoms with Gasteiger partial charge in [-0.3, -0.25) is 14.5 Å². The van der Waals surface area contributed by atoms with Gasteiger partial charge in [-0.15, -0.1) is 10.2 Å². The van der Waals surface area contributed by atoms with Gasteiger partial charge in [-0.25, -0.2) is 13.2 Å². The molecule has 2 amide bonds. The van der Waals surface area contributed by atoms with Gasteiger partial charge in [-0.1, -0.05) is 43.9 Å². The van der Waals surface area contributed by atoms with E-state index in [1.54, 1.807) is 41.5 Å². The highest BCUT2D eigenvalue weighted by atomic mass is 32.2. The van der Waals surface area contributed by atoms with Gasteiger partial charge >= 0.3 is 6.09 Å². The summed E-state index contributed by atoms with van der Waals surface area (Å²) < 4.78 is 32.1. The Bertz CT molecular complexity index is 1130. The molecule has 1 aromatic heterocycles. The SMILES string of the molecule is Cc1nnc(SCC2=C(C(=O)C(C)(C)C)N3C(=O)[C@@H](NC(=O)OC(C)(C)C)[C@@H]3S(=O)(=O)C2)s1. The highest BCUT2D eigenvalue weighted by molar-refractivity contribution is 8.01. The van der Waals surface area contributed by atoms with Gasteiger partial charge in [0.15, 0.2) is 25.3 Å². The van der Waals surface area contributed by atoms with E-state index >= 15 is 0 Å². The lowest BCUT2D eigenvalue weighted by Crippen LogP contribution is -2.75. The van der Waals surface area contributed by atoms with Gasteiger partial charge in [0.2, 0.25) is 0 Å². The maximum Gasteiger partial charge on any atom is 0.408 e. The Kier molecular flexibility index (Phi) is 6.72. The number of alkyl carbamates (subject to hydrolysis) is 1. The summed E-state index contributed by atoms with van der Waals surface area (Å²) in [5.41, 5.74) is -1.24. The maximum absolute atomic E-state index is 13.3. The third kappa shape index (κ3) is 5.40. The minimum Gasteiger partial charge on any atom is -0.444 e. The number of thioether (sulfide) groups is 1. The van der Waals surface area contributed by atoms with E-state index in [1.165, 1.54) is 23.1 Å². The lowest BCUT2D eigenvalue weighted by molar-refractivity contribution is -0.146. The van der Waals surface area contributed by atoms with Crippen molar-refractivity contribution in [2.45, 2.75) is 69.8 Å². The molecule has 0 bridgehead atoms. The van der Waals surface area contributed by atoms with Crippen LogP contribution in [0.5, 0.6) is 0 Å². The third-order valence-electron chi connectivity index (χ3n) is 4.81. The lowest BCUT2D eigenvalue weighted by atomic mass is 9.85. The average molecular weight is 517 g/mol. The van der Waals surface area contributed by atoms with Gasteiger partial charge in [0.25, 0.3) is 5.91 Å². The monoisotopic (exact) mass is 516 g/mol. The minimum atomic E-state index is -3.88. The molecule has 0 aliphatic carbocycles. The summed E-state index contributed by atoms with van der Waals surface area (Å²) in [5, 5.41) is 9.75. The Hall–Kier alpha value is -1.99. The molecule has 0 radical (unpaired) electrons. The number of ketones is 1. The van der Waals surface area contributed by atoms with Crippen molar-refractivity contribution in [3.8, 4) is 0 Å². The van der Waals surface area contributed by atoms with Crippen molar-refractivity contribution in [3.63, 3.8) is 0 Å². The summed E-state index contributed by atoms with van der Waals surface area (Å²) in [5.74, 6) is -1.21. The van der Waals surface area contributed by atoms with Crippen molar-refractivity contribution in [2.75, 3.05) is 11.5 Å². The zero-order valence-corrected chi connectivity index (χ0v) is 22.0. The third-order valence-corrected chi connectivity index (χ3v) is 8.84. The molecule has 13 heteroatoms. The van der Waals surface area contributed by atoms with Crippen LogP contribution in [0.25, 0.3) is 0 Å². The van der Waals surface area contributed by atoms with E-state index in [2.05, 4.69) is 15.5 Å². The van der Waals surface area contributed by atoms with E-state index < -0.39 is 50.0 Å². The molecule has 33 heavy (non-hydrogen) atoms. The molecule has 1 N–H and O–H groups in total. The van der Waals surface area contributed by atoms with Crippen molar-refractivity contribution >= 4 is 50.7 Å². The Morgan fingerprint density at radius 1 is 1.21 bits per heavy atom. The molecule has 2 aliphatic heterocycles. The van der Waals surface area contributed by atoms with Gasteiger partial charge in [-0.05, 0) is 33.3 Å². The van der Waals surface area contributed by atoms with Gasteiger partial charge in [0.05, 0.1) is 11.4 Å². The predicted molar refractivity (Wildman–Crippen MR) is 124 cm³/mol. The summed E-state index contributed by atoms with van der Waals surface area (Å²) >= 11 is 2.63. The number of allylic oxidation sites excluding steroid dienone is 1. The summed E-state index contributed by atoms with van der Waals surface area (Å²) in [4.78, 5) is 39.6. The number of nitrogens with one attached hydrogen (secondary N) is 1. The number of amides is 2. The molecule has 1 saturated heterocycles. The molecule has 0 spiro atoms. The van der Waals surface area contributed by atoms with Crippen LogP contribution in [0, 0.1) is 12.3 Å². The van der Waals surface area contributed by atoms with Crippen LogP contribution in [-0.2, 0) is 24.2 Å². The van der Waals surface area contributed by atoms with Gasteiger partial charge in [0, 0.05) is 11.2 Å². The molecule has 2 atom stereocenters. The molecule has 3 rings (SSSR count). The molecule has 1 aromatic rings. The van der Waals surface area contributed by atoms with E-state index in [1.807, 2.05) is 6.92 Å². The minimum absolute atomic E-state index is 0.0864. The first-order valence-corrected chi connectivity index (χ1v) is 13.8. The van der Waals surface area contributed by atoms with Crippen LogP contribution in [0.1, 0.15) is 46.6 Å². The van der Waals surface area contributed by atoms with E-state index in [9.17, 15) is 22.8 Å². The second-order valence-corrected chi connectivity index (χ2v) is 14.4. The first kappa shape index (κ1) is 25.6. The zero-order chi connectivity index (χ0) is 24.9. The average Bonchev–Trinajstić information content (AvgIpc) is 3.06. The van der Waals surface area contributed by atoms with E-state index in [-0.39, 0.29) is 17.2 Å². The molecule has 1 fully saturated rings. The number of ether oxygens (including phenoxy) is 1. The predicted octanol–water partition coefficient (Wildman–Crippen LogP) is 2.30. The van der Waals surface area contributed by atoms with E-state index in [0.29, 0.717) is 9.91 Å². The number of aromatic nitrogens is 2. The number of fused-ring (bicyclic) bond motifs is 1. The van der Waals surface area contributed by atoms with E-state index in [0.717, 1.165) is 9.91 Å². The summed E-state index contributed by atoms with van der Waals surface area (Å²) in [6, 6.07) is -1.31. The quantitative estimate of drug-likeness (QED) is 0.462. The smallest absolute Gasteiger partial charge is 0.408 e. The first-order chi connectivity index (χ1) is 15.0. The number of sulfone groups is 1. The van der Waals surface area contributed by atoms with Crippen molar-refractivity contribution in [3.05, 3.63) is 16.3 Å². The lowest BCUT2D eigenvalue weighted by Gasteiger charge is -2.50. The molecule has 10 nitrogen and oxygen atoms in total. The Labute approximate surface area is 201 Å². The molecule has 0 aromatic carbocycles. The van der Waals surface area contributed by atoms with Crippen molar-refractivity contribution in [1.29, 1.82) is 0 Å². The van der Waals surface area contributed by atoms with E-state index in [4.69, 9.17) is 4.74 Å². The van der Waals surface area contributed by atoms with Gasteiger partial charge < -0.3 is 10.1 Å². The van der Waals surface area contributed by atoms with Crippen molar-refractivity contribution in [1.82, 2.24) is 20.4 Å². The molecule has 0 unspecified atom stereocenters. The van der Waals surface area contributed by atoms with Crippen LogP contribution in [0.2, 0.25) is 0 Å². The van der Waals surface area contributed by atoms with Gasteiger partial charge in [0.1, 0.15) is 16.7 Å². The number of nitrogens with zero attached hydrogens (tertiary/aromatic N) is 3. The first-order valence-electron chi connectivity index (χ1n) is 10.2. The van der Waals surface area contributed by atoms with Crippen LogP contribution in [0.3, 0.4) is 0 Å². The standard InChI is InChI=1S/C20H28N4O6S3/c1-10-22-23-18(32-10)31-8-11-9-33(28,29)16-12(21-17(27)30-20(5,6)7)15(26)24(16)13(11)14(25)19(2,3)4/h12,16H,8-9H2,1-7H3,(H,21,27)/t12-,16+/m1/s1. The topological polar surface area (TPSA) is 136 Å². The maximum atomic E-state index is 13.3. The van der Waals surface area contributed by atoms with Crippen LogP contribution in [0.15, 0.2) is 15.6 Å². The van der Waals surface area contributed by atoms with Crippen molar-refractivity contribution < 1.29 is 27.5 Å². The second-order valence-electron chi connectivity index (χ2n) is 9.94. The highest BCUT2D eigenvalue weighted by Gasteiger charge is 2.61. The normalized spacial score (nSPS) is 22.5. The Balaban J connectivity index is 1.95. The molecular formula is C20H28N4O6S3. The molecule has 2 aliphatic rings. The Morgan fingerprint density at radius 2 is 1.85 bits per heavy atom. The number of Topliss-reactive ketones (excluding diaryl/α,β-unsaturated/α-hetero) is 1. The number of carbonyl (C=O) groups is 3. The Morgan fingerprint density at radius 3 is 2.36 bits per heavy atom. The fourth-order valence-corrected chi connectivity index (χ4v) is 7.40. The van der Waals surface area contributed by atoms with Crippen molar-refractivity contribution in [2.24, 2.45) is 5.41 Å². The fraction of sp³-hybridized carbons (Fsp3) is 0.650. The number of hydrogen-bond acceptors (Lipinski definition) is 10. The number of carbonyl (C=O) groups excluding carboxylic acids is 3. The van der Waals surface area contributed by atoms with Crippen LogP contribution in [0.4, 0.5) is 4.79 Å². The summed E-state index contributed by atoms with van der Waals surface area (Å²) in [6.07, 6.45) is -0.892. The number of hydrogen-bond donors (Lipinski definition) is 1. The number of rotatable bonds is 5. The molecule has 182 valence electrons. The molecule has 3 heterocycles.